The largest absolute Gasteiger partial charge is 0.388 e. The van der Waals surface area contributed by atoms with Gasteiger partial charge in [0.1, 0.15) is 0 Å². The highest BCUT2D eigenvalue weighted by Crippen LogP contribution is 2.10. The van der Waals surface area contributed by atoms with Gasteiger partial charge in [-0.05, 0) is 6.42 Å². The van der Waals surface area contributed by atoms with E-state index in [4.69, 9.17) is 12.2 Å². The number of rotatable bonds is 11. The van der Waals surface area contributed by atoms with Crippen molar-refractivity contribution in [2.24, 2.45) is 0 Å². The van der Waals surface area contributed by atoms with Crippen molar-refractivity contribution in [3.63, 3.8) is 0 Å². The maximum Gasteiger partial charge on any atom is 0.217 e. The lowest BCUT2D eigenvalue weighted by molar-refractivity contribution is -0.118. The molecule has 0 radical (unpaired) electrons. The third-order valence-corrected chi connectivity index (χ3v) is 3.38. The highest BCUT2D eigenvalue weighted by molar-refractivity contribution is 7.80. The van der Waals surface area contributed by atoms with Gasteiger partial charge in [-0.1, -0.05) is 64.1 Å². The van der Waals surface area contributed by atoms with Crippen LogP contribution in [0.25, 0.3) is 0 Å². The van der Waals surface area contributed by atoms with Gasteiger partial charge in [0.05, 0.1) is 12.6 Å². The van der Waals surface area contributed by atoms with Crippen LogP contribution < -0.4 is 5.32 Å². The number of carbonyl (C=O) groups is 1. The number of hydrogen-bond acceptors (Lipinski definition) is 3. The monoisotopic (exact) mass is 273 g/mol. The Morgan fingerprint density at radius 3 is 2.28 bits per heavy atom. The summed E-state index contributed by atoms with van der Waals surface area (Å²) in [7, 11) is 0. The summed E-state index contributed by atoms with van der Waals surface area (Å²) in [6.07, 6.45) is 8.77. The van der Waals surface area contributed by atoms with Gasteiger partial charge in [0.25, 0.3) is 0 Å². The first-order valence-corrected chi connectivity index (χ1v) is 7.44. The van der Waals surface area contributed by atoms with Gasteiger partial charge < -0.3 is 10.4 Å². The Morgan fingerprint density at radius 2 is 1.72 bits per heavy atom. The molecule has 0 aliphatic heterocycles. The lowest BCUT2D eigenvalue weighted by Crippen LogP contribution is -2.32. The molecule has 0 bridgehead atoms. The zero-order chi connectivity index (χ0) is 13.8. The van der Waals surface area contributed by atoms with Crippen LogP contribution in [0.15, 0.2) is 0 Å². The molecule has 0 aliphatic carbocycles. The second-order valence-corrected chi connectivity index (χ2v) is 5.33. The van der Waals surface area contributed by atoms with E-state index in [2.05, 4.69) is 12.2 Å². The van der Waals surface area contributed by atoms with Crippen LogP contribution in [0.5, 0.6) is 0 Å². The van der Waals surface area contributed by atoms with Gasteiger partial charge in [-0.15, -0.1) is 0 Å². The molecule has 0 heterocycles. The topological polar surface area (TPSA) is 49.3 Å². The third kappa shape index (κ3) is 10.7. The summed E-state index contributed by atoms with van der Waals surface area (Å²) in [6, 6.07) is 0. The molecule has 0 fully saturated rings. The Bertz CT molecular complexity index is 244. The molecule has 2 N–H and O–H groups in total. The molecule has 0 aromatic heterocycles. The Kier molecular flexibility index (Phi) is 11.3. The van der Waals surface area contributed by atoms with Crippen molar-refractivity contribution in [3.8, 4) is 0 Å². The van der Waals surface area contributed by atoms with Crippen molar-refractivity contribution < 1.29 is 9.90 Å². The molecule has 0 aliphatic rings. The van der Waals surface area contributed by atoms with E-state index in [1.165, 1.54) is 39.0 Å². The van der Waals surface area contributed by atoms with Crippen LogP contribution in [-0.4, -0.2) is 28.5 Å². The van der Waals surface area contributed by atoms with Crippen LogP contribution in [0, 0.1) is 0 Å². The summed E-state index contributed by atoms with van der Waals surface area (Å²) in [5.74, 6) is -0.111. The maximum absolute atomic E-state index is 10.7. The molecule has 3 nitrogen and oxygen atoms in total. The zero-order valence-corrected chi connectivity index (χ0v) is 12.5. The molecular formula is C14H27NO2S. The summed E-state index contributed by atoms with van der Waals surface area (Å²) in [5.41, 5.74) is 0. The van der Waals surface area contributed by atoms with Gasteiger partial charge in [-0.3, -0.25) is 4.79 Å². The molecule has 0 aromatic carbocycles. The number of aliphatic hydroxyl groups excluding tert-OH is 1. The van der Waals surface area contributed by atoms with Crippen LogP contribution in [0.3, 0.4) is 0 Å². The van der Waals surface area contributed by atoms with Gasteiger partial charge in [-0.25, -0.2) is 0 Å². The molecule has 0 spiro atoms. The summed E-state index contributed by atoms with van der Waals surface area (Å²) < 4.78 is 0. The second kappa shape index (κ2) is 11.6. The van der Waals surface area contributed by atoms with Crippen LogP contribution in [0.4, 0.5) is 0 Å². The van der Waals surface area contributed by atoms with Crippen molar-refractivity contribution in [1.82, 2.24) is 5.32 Å². The van der Waals surface area contributed by atoms with Crippen molar-refractivity contribution in [2.45, 2.75) is 71.3 Å². The summed E-state index contributed by atoms with van der Waals surface area (Å²) in [6.45, 7) is 3.97. The number of aliphatic hydroxyl groups is 1. The Balaban J connectivity index is 3.43. The van der Waals surface area contributed by atoms with Gasteiger partial charge in [0.15, 0.2) is 0 Å². The molecule has 0 rings (SSSR count). The Labute approximate surface area is 116 Å². The van der Waals surface area contributed by atoms with Gasteiger partial charge in [0, 0.05) is 11.8 Å². The van der Waals surface area contributed by atoms with Gasteiger partial charge in [0.2, 0.25) is 5.91 Å². The lowest BCUT2D eigenvalue weighted by atomic mass is 10.0. The molecule has 0 saturated heterocycles. The standard InChI is InChI=1S/C14H27NO2S/c1-3-4-5-6-7-8-9-10-13(17)14(18)11-15-12(2)16/h13,17H,3-11H2,1-2H3,(H,15,16). The first-order valence-electron chi connectivity index (χ1n) is 7.03. The van der Waals surface area contributed by atoms with E-state index < -0.39 is 6.10 Å². The van der Waals surface area contributed by atoms with Gasteiger partial charge >= 0.3 is 0 Å². The SMILES string of the molecule is CCCCCCCCCC(O)C(=S)CNC(C)=O. The first-order chi connectivity index (χ1) is 8.57. The predicted molar refractivity (Wildman–Crippen MR) is 79.9 cm³/mol. The Hall–Kier alpha value is -0.480. The van der Waals surface area contributed by atoms with Crippen LogP contribution in [-0.2, 0) is 4.79 Å². The maximum atomic E-state index is 10.7. The molecule has 0 saturated carbocycles. The minimum Gasteiger partial charge on any atom is -0.388 e. The van der Waals surface area contributed by atoms with Crippen molar-refractivity contribution in [2.75, 3.05) is 6.54 Å². The molecule has 4 heteroatoms. The van der Waals surface area contributed by atoms with E-state index in [1.54, 1.807) is 0 Å². The van der Waals surface area contributed by atoms with E-state index in [1.807, 2.05) is 0 Å². The minimum absolute atomic E-state index is 0.111. The number of amides is 1. The molecule has 1 unspecified atom stereocenters. The highest BCUT2D eigenvalue weighted by atomic mass is 32.1. The van der Waals surface area contributed by atoms with E-state index >= 15 is 0 Å². The van der Waals surface area contributed by atoms with Crippen molar-refractivity contribution in [3.05, 3.63) is 0 Å². The molecule has 106 valence electrons. The fourth-order valence-corrected chi connectivity index (χ4v) is 1.98. The van der Waals surface area contributed by atoms with Crippen molar-refractivity contribution in [1.29, 1.82) is 0 Å². The Morgan fingerprint density at radius 1 is 1.17 bits per heavy atom. The molecule has 1 amide bonds. The molecule has 1 atom stereocenters. The van der Waals surface area contributed by atoms with E-state index in [0.29, 0.717) is 17.8 Å². The number of thiocarbonyl (C=S) groups is 1. The van der Waals surface area contributed by atoms with Crippen LogP contribution in [0.1, 0.15) is 65.2 Å². The summed E-state index contributed by atoms with van der Waals surface area (Å²) in [4.78, 5) is 11.2. The van der Waals surface area contributed by atoms with E-state index in [-0.39, 0.29) is 5.91 Å². The first kappa shape index (κ1) is 17.5. The van der Waals surface area contributed by atoms with E-state index in [0.717, 1.165) is 12.8 Å². The zero-order valence-electron chi connectivity index (χ0n) is 11.7. The fourth-order valence-electron chi connectivity index (χ4n) is 1.79. The number of carbonyl (C=O) groups excluding carboxylic acids is 1. The second-order valence-electron chi connectivity index (χ2n) is 4.80. The fraction of sp³-hybridized carbons (Fsp3) is 0.857. The highest BCUT2D eigenvalue weighted by Gasteiger charge is 2.10. The van der Waals surface area contributed by atoms with Crippen molar-refractivity contribution >= 4 is 23.0 Å². The lowest BCUT2D eigenvalue weighted by Gasteiger charge is -2.12. The van der Waals surface area contributed by atoms with Gasteiger partial charge in [-0.2, -0.15) is 0 Å². The van der Waals surface area contributed by atoms with Crippen LogP contribution >= 0.6 is 12.2 Å². The normalized spacial score (nSPS) is 12.2. The average Bonchev–Trinajstić information content (AvgIpc) is 2.34. The molecule has 0 aromatic rings. The smallest absolute Gasteiger partial charge is 0.217 e. The summed E-state index contributed by atoms with van der Waals surface area (Å²) >= 11 is 5.07. The van der Waals surface area contributed by atoms with Crippen LogP contribution in [0.2, 0.25) is 0 Å². The number of hydrogen-bond donors (Lipinski definition) is 2. The summed E-state index contributed by atoms with van der Waals surface area (Å²) in [5, 5.41) is 12.4. The third-order valence-electron chi connectivity index (χ3n) is 2.96. The number of unbranched alkanes of at least 4 members (excludes halogenated alkanes) is 6. The van der Waals surface area contributed by atoms with E-state index in [9.17, 15) is 9.90 Å². The quantitative estimate of drug-likeness (QED) is 0.449. The number of nitrogens with one attached hydrogen (secondary N) is 1. The average molecular weight is 273 g/mol. The predicted octanol–water partition coefficient (Wildman–Crippen LogP) is 2.99. The minimum atomic E-state index is -0.553. The molecular weight excluding hydrogens is 246 g/mol. The molecule has 18 heavy (non-hydrogen) atoms.